The highest BCUT2D eigenvalue weighted by atomic mass is 35.5. The summed E-state index contributed by atoms with van der Waals surface area (Å²) in [5, 5.41) is 8.88. The number of halogens is 1. The molecule has 0 aliphatic carbocycles. The highest BCUT2D eigenvalue weighted by Crippen LogP contribution is 2.34. The third kappa shape index (κ3) is 5.02. The molecule has 11 heteroatoms. The van der Waals surface area contributed by atoms with Gasteiger partial charge in [-0.2, -0.15) is 0 Å². The largest absolute Gasteiger partial charge is 0.463 e. The van der Waals surface area contributed by atoms with Gasteiger partial charge in [-0.25, -0.2) is 20.0 Å². The molecule has 0 radical (unpaired) electrons. The Morgan fingerprint density at radius 3 is 2.61 bits per heavy atom. The first-order valence-electron chi connectivity index (χ1n) is 11.0. The van der Waals surface area contributed by atoms with Crippen molar-refractivity contribution in [2.24, 2.45) is 5.10 Å². The molecule has 1 N–H and O–H groups in total. The second kappa shape index (κ2) is 9.90. The minimum absolute atomic E-state index is 0.400. The van der Waals surface area contributed by atoms with Crippen LogP contribution in [0, 0.1) is 0 Å². The summed E-state index contributed by atoms with van der Waals surface area (Å²) in [6, 6.07) is 9.65. The fourth-order valence-corrected chi connectivity index (χ4v) is 4.99. The van der Waals surface area contributed by atoms with Gasteiger partial charge in [-0.15, -0.1) is 26.6 Å². The molecule has 9 nitrogen and oxygen atoms in total. The summed E-state index contributed by atoms with van der Waals surface area (Å²) in [5.74, 6) is 1.95. The van der Waals surface area contributed by atoms with Gasteiger partial charge in [-0.1, -0.05) is 25.1 Å². The van der Waals surface area contributed by atoms with Crippen LogP contribution in [0.25, 0.3) is 0 Å². The average molecular weight is 485 g/mol. The van der Waals surface area contributed by atoms with Crippen LogP contribution in [0.3, 0.4) is 0 Å². The molecule has 0 saturated carbocycles. The number of anilines is 1. The van der Waals surface area contributed by atoms with Crippen LogP contribution in [-0.2, 0) is 6.42 Å². The predicted molar refractivity (Wildman–Crippen MR) is 129 cm³/mol. The number of nitrogens with one attached hydrogen (secondary N) is 1. The molecule has 0 amide bonds. The number of hydrazine groups is 2. The van der Waals surface area contributed by atoms with E-state index in [0.717, 1.165) is 65.0 Å². The summed E-state index contributed by atoms with van der Waals surface area (Å²) in [6.45, 7) is 3.94. The molecule has 1 fully saturated rings. The number of aryl methyl sites for hydroxylation is 1. The molecule has 2 aromatic heterocycles. The average Bonchev–Trinajstić information content (AvgIpc) is 3.53. The Morgan fingerprint density at radius 1 is 1.18 bits per heavy atom. The van der Waals surface area contributed by atoms with Gasteiger partial charge in [0.15, 0.2) is 0 Å². The van der Waals surface area contributed by atoms with E-state index < -0.39 is 6.23 Å². The van der Waals surface area contributed by atoms with Crippen molar-refractivity contribution in [1.29, 1.82) is 0 Å². The van der Waals surface area contributed by atoms with E-state index in [1.165, 1.54) is 0 Å². The number of benzene rings is 1. The molecular formula is C22H25ClN8OS. The van der Waals surface area contributed by atoms with Crippen LogP contribution in [0.4, 0.5) is 5.95 Å². The van der Waals surface area contributed by atoms with Crippen LogP contribution in [-0.4, -0.2) is 44.0 Å². The summed E-state index contributed by atoms with van der Waals surface area (Å²) in [6.07, 6.45) is 7.89. The molecular weight excluding hydrogens is 460 g/mol. The molecule has 5 rings (SSSR count). The van der Waals surface area contributed by atoms with Gasteiger partial charge in [-0.05, 0) is 37.0 Å². The first-order valence-corrected chi connectivity index (χ1v) is 12.2. The number of ether oxygens (including phenoxy) is 1. The molecule has 4 heterocycles. The third-order valence-corrected chi connectivity index (χ3v) is 6.93. The summed E-state index contributed by atoms with van der Waals surface area (Å²) >= 11 is 7.61. The number of nitrogens with zero attached hydrogens (tertiary/aromatic N) is 7. The Bertz CT molecular complexity index is 1070. The van der Waals surface area contributed by atoms with Crippen LogP contribution in [0.15, 0.2) is 53.2 Å². The SMILES string of the molecule is CCc1cnc(N2CCC(c3nc(C(Oc4ccccc4)N4C=NN(Cl)N4)cs3)CC2)nc1. The Labute approximate surface area is 201 Å². The fraction of sp³-hybridized carbons (Fsp3) is 0.364. The molecule has 2 aliphatic rings. The Kier molecular flexibility index (Phi) is 6.56. The molecule has 1 unspecified atom stereocenters. The second-order valence-electron chi connectivity index (χ2n) is 7.90. The standard InChI is InChI=1S/C22H25ClN8OS/c1-2-16-12-24-22(25-13-16)29-10-8-17(9-11-29)20-27-19(14-33-20)21(30-15-26-31(23)28-30)32-18-6-4-3-5-7-18/h3-7,12-15,17,21,28H,2,8-11H2,1H3. The van der Waals surface area contributed by atoms with Crippen molar-refractivity contribution in [3.05, 3.63) is 64.4 Å². The molecule has 0 bridgehead atoms. The lowest BCUT2D eigenvalue weighted by Crippen LogP contribution is -2.41. The van der Waals surface area contributed by atoms with Crippen molar-refractivity contribution in [2.45, 2.75) is 38.3 Å². The molecule has 2 aliphatic heterocycles. The maximum atomic E-state index is 6.23. The second-order valence-corrected chi connectivity index (χ2v) is 9.11. The maximum absolute atomic E-state index is 6.23. The van der Waals surface area contributed by atoms with Crippen LogP contribution >= 0.6 is 23.1 Å². The smallest absolute Gasteiger partial charge is 0.232 e. The number of para-hydroxylation sites is 1. The zero-order valence-electron chi connectivity index (χ0n) is 18.2. The van der Waals surface area contributed by atoms with Gasteiger partial charge in [0.25, 0.3) is 0 Å². The fourth-order valence-electron chi connectivity index (χ4n) is 3.87. The number of hydrogen-bond donors (Lipinski definition) is 1. The number of hydrogen-bond acceptors (Lipinski definition) is 10. The molecule has 1 saturated heterocycles. The van der Waals surface area contributed by atoms with E-state index in [2.05, 4.69) is 32.4 Å². The zero-order chi connectivity index (χ0) is 22.6. The maximum Gasteiger partial charge on any atom is 0.232 e. The summed E-state index contributed by atoms with van der Waals surface area (Å²) in [7, 11) is 0. The van der Waals surface area contributed by atoms with Crippen molar-refractivity contribution in [3.8, 4) is 5.75 Å². The Morgan fingerprint density at radius 2 is 1.94 bits per heavy atom. The summed E-state index contributed by atoms with van der Waals surface area (Å²) in [5.41, 5.74) is 4.89. The van der Waals surface area contributed by atoms with Gasteiger partial charge in [0.2, 0.25) is 12.2 Å². The van der Waals surface area contributed by atoms with Crippen molar-refractivity contribution in [1.82, 2.24) is 30.1 Å². The Hall–Kier alpha value is -2.95. The van der Waals surface area contributed by atoms with Crippen molar-refractivity contribution >= 4 is 35.4 Å². The van der Waals surface area contributed by atoms with E-state index >= 15 is 0 Å². The number of hydrazone groups is 1. The van der Waals surface area contributed by atoms with Crippen LogP contribution in [0.1, 0.15) is 48.2 Å². The topological polar surface area (TPSA) is 82.0 Å². The van der Waals surface area contributed by atoms with Gasteiger partial charge < -0.3 is 9.64 Å². The van der Waals surface area contributed by atoms with E-state index in [9.17, 15) is 0 Å². The van der Waals surface area contributed by atoms with Crippen molar-refractivity contribution in [2.75, 3.05) is 18.0 Å². The molecule has 0 spiro atoms. The van der Waals surface area contributed by atoms with E-state index in [0.29, 0.717) is 5.92 Å². The molecule has 1 aromatic carbocycles. The van der Waals surface area contributed by atoms with Gasteiger partial charge in [0.05, 0.1) is 16.8 Å². The van der Waals surface area contributed by atoms with Gasteiger partial charge in [0.1, 0.15) is 17.8 Å². The van der Waals surface area contributed by atoms with Gasteiger partial charge in [-0.3, -0.25) is 0 Å². The molecule has 3 aromatic rings. The van der Waals surface area contributed by atoms with Gasteiger partial charge in [0, 0.05) is 36.8 Å². The lowest BCUT2D eigenvalue weighted by Gasteiger charge is -2.31. The lowest BCUT2D eigenvalue weighted by molar-refractivity contribution is 0.0197. The monoisotopic (exact) mass is 484 g/mol. The summed E-state index contributed by atoms with van der Waals surface area (Å²) < 4.78 is 7.34. The van der Waals surface area contributed by atoms with Crippen LogP contribution in [0.5, 0.6) is 5.75 Å². The first-order chi connectivity index (χ1) is 16.2. The minimum Gasteiger partial charge on any atom is -0.463 e. The van der Waals surface area contributed by atoms with E-state index in [-0.39, 0.29) is 0 Å². The molecule has 1 atom stereocenters. The van der Waals surface area contributed by atoms with Crippen molar-refractivity contribution < 1.29 is 4.74 Å². The van der Waals surface area contributed by atoms with E-state index in [1.807, 2.05) is 48.1 Å². The number of rotatable bonds is 7. The predicted octanol–water partition coefficient (Wildman–Crippen LogP) is 4.09. The quantitative estimate of drug-likeness (QED) is 0.502. The first kappa shape index (κ1) is 21.9. The highest BCUT2D eigenvalue weighted by molar-refractivity contribution is 7.09. The van der Waals surface area contributed by atoms with Crippen LogP contribution in [0.2, 0.25) is 0 Å². The normalized spacial score (nSPS) is 17.6. The van der Waals surface area contributed by atoms with Crippen LogP contribution < -0.4 is 15.2 Å². The van der Waals surface area contributed by atoms with E-state index in [1.54, 1.807) is 22.7 Å². The minimum atomic E-state index is -0.504. The van der Waals surface area contributed by atoms with Crippen molar-refractivity contribution in [3.63, 3.8) is 0 Å². The Balaban J connectivity index is 1.27. The number of piperidine rings is 1. The van der Waals surface area contributed by atoms with E-state index in [4.69, 9.17) is 21.5 Å². The number of aromatic nitrogens is 3. The number of thiazole rings is 1. The zero-order valence-corrected chi connectivity index (χ0v) is 19.8. The molecule has 172 valence electrons. The third-order valence-electron chi connectivity index (χ3n) is 5.74. The summed E-state index contributed by atoms with van der Waals surface area (Å²) in [4.78, 5) is 16.3. The van der Waals surface area contributed by atoms with Gasteiger partial charge >= 0.3 is 0 Å². The lowest BCUT2D eigenvalue weighted by atomic mass is 9.98. The highest BCUT2D eigenvalue weighted by Gasteiger charge is 2.30. The molecule has 33 heavy (non-hydrogen) atoms.